The van der Waals surface area contributed by atoms with Gasteiger partial charge in [-0.1, -0.05) is 17.8 Å². The minimum Gasteiger partial charge on any atom is -0.261 e. The second-order valence-corrected chi connectivity index (χ2v) is 3.52. The summed E-state index contributed by atoms with van der Waals surface area (Å²) in [6.07, 6.45) is 3.39. The maximum Gasteiger partial charge on any atom is 0.200 e. The average Bonchev–Trinajstić information content (AvgIpc) is 2.31. The SMILES string of the molecule is CCCCN1N=CN(F)C1I. The van der Waals surface area contributed by atoms with Crippen LogP contribution in [0.3, 0.4) is 0 Å². The molecule has 0 aliphatic carbocycles. The van der Waals surface area contributed by atoms with Crippen molar-refractivity contribution in [3.63, 3.8) is 0 Å². The van der Waals surface area contributed by atoms with Gasteiger partial charge in [0.1, 0.15) is 6.34 Å². The molecule has 0 radical (unpaired) electrons. The van der Waals surface area contributed by atoms with Gasteiger partial charge in [0.05, 0.1) is 0 Å². The van der Waals surface area contributed by atoms with Crippen molar-refractivity contribution in [1.29, 1.82) is 0 Å². The summed E-state index contributed by atoms with van der Waals surface area (Å²) in [4.78, 5) is 0. The van der Waals surface area contributed by atoms with E-state index in [0.29, 0.717) is 5.12 Å². The second kappa shape index (κ2) is 4.08. The minimum absolute atomic E-state index is 0.251. The Balaban J connectivity index is 2.31. The van der Waals surface area contributed by atoms with E-state index in [0.717, 1.165) is 19.4 Å². The van der Waals surface area contributed by atoms with Crippen molar-refractivity contribution in [3.8, 4) is 0 Å². The van der Waals surface area contributed by atoms with E-state index in [1.54, 1.807) is 5.01 Å². The molecule has 0 fully saturated rings. The topological polar surface area (TPSA) is 18.8 Å². The summed E-state index contributed by atoms with van der Waals surface area (Å²) in [7, 11) is 0. The second-order valence-electron chi connectivity index (χ2n) is 2.40. The molecular weight excluding hydrogens is 260 g/mol. The number of rotatable bonds is 3. The molecule has 5 heteroatoms. The van der Waals surface area contributed by atoms with Crippen molar-refractivity contribution in [1.82, 2.24) is 10.1 Å². The molecule has 0 N–H and O–H groups in total. The summed E-state index contributed by atoms with van der Waals surface area (Å²) in [5, 5.41) is 6.23. The largest absolute Gasteiger partial charge is 0.261 e. The van der Waals surface area contributed by atoms with Gasteiger partial charge < -0.3 is 0 Å². The molecule has 1 aliphatic heterocycles. The number of hydrazone groups is 1. The van der Waals surface area contributed by atoms with Crippen LogP contribution >= 0.6 is 22.6 Å². The van der Waals surface area contributed by atoms with Gasteiger partial charge in [-0.2, -0.15) is 10.2 Å². The van der Waals surface area contributed by atoms with Crippen LogP contribution in [0.25, 0.3) is 0 Å². The van der Waals surface area contributed by atoms with Crippen molar-refractivity contribution in [2.24, 2.45) is 5.10 Å². The fourth-order valence-corrected chi connectivity index (χ4v) is 1.40. The van der Waals surface area contributed by atoms with Crippen LogP contribution in [0.15, 0.2) is 5.10 Å². The van der Waals surface area contributed by atoms with Crippen LogP contribution in [-0.4, -0.2) is 27.2 Å². The highest BCUT2D eigenvalue weighted by atomic mass is 127. The summed E-state index contributed by atoms with van der Waals surface area (Å²) >= 11 is 2.01. The average molecular weight is 271 g/mol. The van der Waals surface area contributed by atoms with E-state index in [4.69, 9.17) is 0 Å². The van der Waals surface area contributed by atoms with Crippen molar-refractivity contribution in [3.05, 3.63) is 0 Å². The van der Waals surface area contributed by atoms with Gasteiger partial charge >= 0.3 is 0 Å². The molecular formula is C6H11FIN3. The smallest absolute Gasteiger partial charge is 0.200 e. The van der Waals surface area contributed by atoms with E-state index in [-0.39, 0.29) is 4.17 Å². The van der Waals surface area contributed by atoms with E-state index in [9.17, 15) is 4.48 Å². The van der Waals surface area contributed by atoms with Crippen molar-refractivity contribution in [2.45, 2.75) is 23.9 Å². The Morgan fingerprint density at radius 2 is 2.45 bits per heavy atom. The molecule has 0 aromatic heterocycles. The van der Waals surface area contributed by atoms with Gasteiger partial charge in [-0.15, -0.1) is 0 Å². The predicted octanol–water partition coefficient (Wildman–Crippen LogP) is 1.95. The zero-order valence-electron chi connectivity index (χ0n) is 6.37. The van der Waals surface area contributed by atoms with Crippen LogP contribution in [-0.2, 0) is 0 Å². The van der Waals surface area contributed by atoms with Crippen LogP contribution in [0.4, 0.5) is 4.48 Å². The standard InChI is InChI=1S/C6H11FIN3/c1-2-3-4-11-6(8)10(7)5-9-11/h5-6H,2-4H2,1H3. The number of unbranched alkanes of at least 4 members (excludes halogenated alkanes) is 1. The van der Waals surface area contributed by atoms with Crippen LogP contribution in [0.1, 0.15) is 19.8 Å². The normalized spacial score (nSPS) is 23.4. The minimum atomic E-state index is -0.251. The Labute approximate surface area is 79.3 Å². The van der Waals surface area contributed by atoms with E-state index in [1.165, 1.54) is 6.34 Å². The van der Waals surface area contributed by atoms with E-state index >= 15 is 0 Å². The lowest BCUT2D eigenvalue weighted by atomic mass is 10.3. The molecule has 1 unspecified atom stereocenters. The number of hydrogen-bond donors (Lipinski definition) is 0. The van der Waals surface area contributed by atoms with Gasteiger partial charge in [-0.05, 0) is 29.0 Å². The zero-order chi connectivity index (χ0) is 8.27. The molecule has 0 amide bonds. The summed E-state index contributed by atoms with van der Waals surface area (Å²) in [6, 6.07) is 0. The van der Waals surface area contributed by atoms with Crippen LogP contribution in [0.5, 0.6) is 0 Å². The van der Waals surface area contributed by atoms with Gasteiger partial charge in [0.15, 0.2) is 4.17 Å². The fourth-order valence-electron chi connectivity index (χ4n) is 0.837. The summed E-state index contributed by atoms with van der Waals surface area (Å²) in [5.74, 6) is 0. The molecule has 0 saturated carbocycles. The third kappa shape index (κ3) is 2.18. The first-order valence-electron chi connectivity index (χ1n) is 3.64. The Kier molecular flexibility index (Phi) is 3.35. The lowest BCUT2D eigenvalue weighted by molar-refractivity contribution is 0.0675. The molecule has 0 spiro atoms. The summed E-state index contributed by atoms with van der Waals surface area (Å²) < 4.78 is 12.4. The van der Waals surface area contributed by atoms with Gasteiger partial charge in [0.2, 0.25) is 0 Å². The molecule has 0 bridgehead atoms. The summed E-state index contributed by atoms with van der Waals surface area (Å²) in [6.45, 7) is 2.94. The van der Waals surface area contributed by atoms with Gasteiger partial charge in [0.25, 0.3) is 0 Å². The Hall–Kier alpha value is -0.0700. The highest BCUT2D eigenvalue weighted by Crippen LogP contribution is 2.18. The fraction of sp³-hybridized carbons (Fsp3) is 0.833. The number of nitrogens with zero attached hydrogens (tertiary/aromatic N) is 3. The van der Waals surface area contributed by atoms with E-state index in [1.807, 2.05) is 22.6 Å². The van der Waals surface area contributed by atoms with Gasteiger partial charge in [-0.25, -0.2) is 0 Å². The Morgan fingerprint density at radius 1 is 1.73 bits per heavy atom. The lowest BCUT2D eigenvalue weighted by Crippen LogP contribution is -2.29. The number of alkyl halides is 1. The van der Waals surface area contributed by atoms with Crippen LogP contribution in [0, 0.1) is 0 Å². The third-order valence-electron chi connectivity index (χ3n) is 1.50. The molecule has 1 heterocycles. The number of hydrogen-bond acceptors (Lipinski definition) is 3. The number of halogens is 2. The van der Waals surface area contributed by atoms with Crippen molar-refractivity contribution >= 4 is 28.9 Å². The Bertz CT molecular complexity index is 153. The maximum absolute atomic E-state index is 12.6. The first kappa shape index (κ1) is 9.02. The van der Waals surface area contributed by atoms with Gasteiger partial charge in [-0.3, -0.25) is 5.01 Å². The molecule has 3 nitrogen and oxygen atoms in total. The molecule has 64 valence electrons. The van der Waals surface area contributed by atoms with Crippen molar-refractivity contribution < 1.29 is 4.48 Å². The first-order chi connectivity index (χ1) is 5.25. The summed E-state index contributed by atoms with van der Waals surface area (Å²) in [5.41, 5.74) is 0. The Morgan fingerprint density at radius 3 is 2.91 bits per heavy atom. The van der Waals surface area contributed by atoms with E-state index < -0.39 is 0 Å². The highest BCUT2D eigenvalue weighted by Gasteiger charge is 2.23. The predicted molar refractivity (Wildman–Crippen MR) is 50.9 cm³/mol. The molecule has 0 aromatic rings. The monoisotopic (exact) mass is 271 g/mol. The van der Waals surface area contributed by atoms with Crippen LogP contribution < -0.4 is 0 Å². The van der Waals surface area contributed by atoms with E-state index in [2.05, 4.69) is 12.0 Å². The highest BCUT2D eigenvalue weighted by molar-refractivity contribution is 14.1. The maximum atomic E-state index is 12.6. The molecule has 0 aromatic carbocycles. The lowest BCUT2D eigenvalue weighted by Gasteiger charge is -2.19. The third-order valence-corrected chi connectivity index (χ3v) is 2.68. The molecule has 1 aliphatic rings. The zero-order valence-corrected chi connectivity index (χ0v) is 8.53. The molecule has 1 atom stereocenters. The quantitative estimate of drug-likeness (QED) is 0.338. The van der Waals surface area contributed by atoms with Crippen LogP contribution in [0.2, 0.25) is 0 Å². The van der Waals surface area contributed by atoms with Gasteiger partial charge in [0, 0.05) is 6.54 Å². The van der Waals surface area contributed by atoms with Crippen molar-refractivity contribution in [2.75, 3.05) is 6.54 Å². The first-order valence-corrected chi connectivity index (χ1v) is 4.89. The molecule has 1 rings (SSSR count). The molecule has 0 saturated heterocycles. The molecule has 11 heavy (non-hydrogen) atoms.